The fourth-order valence-electron chi connectivity index (χ4n) is 3.56. The van der Waals surface area contributed by atoms with Crippen molar-refractivity contribution in [3.8, 4) is 0 Å². The number of aromatic amines is 1. The molecule has 1 saturated carbocycles. The number of nitrogens with one attached hydrogen (secondary N) is 2. The summed E-state index contributed by atoms with van der Waals surface area (Å²) in [4.78, 5) is 32.4. The summed E-state index contributed by atoms with van der Waals surface area (Å²) >= 11 is 12.1. The molecule has 2 aliphatic rings. The first-order chi connectivity index (χ1) is 12.3. The van der Waals surface area contributed by atoms with E-state index < -0.39 is 5.97 Å². The summed E-state index contributed by atoms with van der Waals surface area (Å²) < 4.78 is 5.34. The normalized spacial score (nSPS) is 23.0. The molecule has 0 unspecified atom stereocenters. The molecule has 140 valence electrons. The second kappa shape index (κ2) is 7.10. The minimum absolute atomic E-state index is 0. The van der Waals surface area contributed by atoms with Crippen LogP contribution >= 0.6 is 23.2 Å². The van der Waals surface area contributed by atoms with E-state index in [1.54, 1.807) is 13.8 Å². The molecule has 2 aromatic heterocycles. The number of fused-ring (bicyclic) bond motifs is 1. The van der Waals surface area contributed by atoms with Crippen molar-refractivity contribution in [2.75, 3.05) is 18.0 Å². The van der Waals surface area contributed by atoms with E-state index >= 15 is 0 Å². The molecule has 0 radical (unpaired) electrons. The van der Waals surface area contributed by atoms with Gasteiger partial charge < -0.3 is 24.7 Å². The number of halogens is 2. The van der Waals surface area contributed by atoms with E-state index in [9.17, 15) is 9.59 Å². The number of carboxylic acid groups (broad SMARTS) is 1. The molecular formula is C16H17Cl2LiN4O4. The van der Waals surface area contributed by atoms with Gasteiger partial charge in [-0.2, -0.15) is 4.98 Å². The number of aryl methyl sites for hydroxylation is 2. The van der Waals surface area contributed by atoms with Gasteiger partial charge in [-0.25, -0.2) is 4.79 Å². The Morgan fingerprint density at radius 1 is 1.26 bits per heavy atom. The van der Waals surface area contributed by atoms with Crippen LogP contribution in [0.15, 0.2) is 4.42 Å². The van der Waals surface area contributed by atoms with Gasteiger partial charge in [-0.1, -0.05) is 23.2 Å². The number of anilines is 1. The van der Waals surface area contributed by atoms with Crippen molar-refractivity contribution < 1.29 is 19.1 Å². The number of oxazole rings is 1. The molecule has 11 heteroatoms. The number of rotatable bonds is 4. The number of aromatic carboxylic acids is 1. The van der Waals surface area contributed by atoms with Gasteiger partial charge >= 0.3 is 24.8 Å². The molecule has 8 nitrogen and oxygen atoms in total. The molecule has 1 saturated heterocycles. The summed E-state index contributed by atoms with van der Waals surface area (Å²) in [5.41, 5.74) is 1.27. The zero-order valence-corrected chi connectivity index (χ0v) is 15.5. The van der Waals surface area contributed by atoms with Gasteiger partial charge in [-0.15, -0.1) is 0 Å². The fourth-order valence-corrected chi connectivity index (χ4v) is 3.98. The third-order valence-corrected chi connectivity index (χ3v) is 5.97. The first-order valence-electron chi connectivity index (χ1n) is 8.08. The Morgan fingerprint density at radius 3 is 2.37 bits per heavy atom. The van der Waals surface area contributed by atoms with Crippen LogP contribution in [-0.2, 0) is 0 Å². The van der Waals surface area contributed by atoms with Crippen molar-refractivity contribution in [3.05, 3.63) is 32.9 Å². The Kier molecular flexibility index (Phi) is 5.30. The third-order valence-electron chi connectivity index (χ3n) is 5.02. The monoisotopic (exact) mass is 406 g/mol. The number of piperidine rings is 1. The average molecular weight is 407 g/mol. The third kappa shape index (κ3) is 3.36. The van der Waals surface area contributed by atoms with Crippen molar-refractivity contribution in [1.29, 1.82) is 0 Å². The summed E-state index contributed by atoms with van der Waals surface area (Å²) in [5.74, 6) is -1.02. The molecule has 3 atom stereocenters. The number of carbonyl (C=O) groups excluding carboxylic acids is 1. The number of carbonyl (C=O) groups is 2. The van der Waals surface area contributed by atoms with Crippen LogP contribution in [0.2, 0.25) is 10.0 Å². The van der Waals surface area contributed by atoms with Crippen molar-refractivity contribution in [3.63, 3.8) is 0 Å². The number of aromatic nitrogens is 2. The van der Waals surface area contributed by atoms with E-state index in [1.807, 2.05) is 4.90 Å². The summed E-state index contributed by atoms with van der Waals surface area (Å²) in [6, 6.07) is 0.360. The summed E-state index contributed by atoms with van der Waals surface area (Å²) in [6.45, 7) is 4.64. The van der Waals surface area contributed by atoms with Crippen LogP contribution in [0.25, 0.3) is 0 Å². The SMILES string of the molecule is Cc1nc(N2C[C@@H]3[C@H](C2)[C@H]3NC(=O)c2[nH]c(C)c(Cl)c2Cl)oc1C(=O)O.[LiH]. The molecule has 27 heavy (non-hydrogen) atoms. The number of H-pyrrole nitrogens is 1. The number of carboxylic acids is 1. The fraction of sp³-hybridized carbons (Fsp3) is 0.438. The van der Waals surface area contributed by atoms with E-state index in [1.165, 1.54) is 0 Å². The molecule has 3 heterocycles. The van der Waals surface area contributed by atoms with Crippen LogP contribution in [0.4, 0.5) is 6.01 Å². The number of hydrogen-bond acceptors (Lipinski definition) is 5. The minimum atomic E-state index is -1.13. The van der Waals surface area contributed by atoms with E-state index in [2.05, 4.69) is 15.3 Å². The van der Waals surface area contributed by atoms with Gasteiger partial charge in [0.15, 0.2) is 0 Å². The van der Waals surface area contributed by atoms with Crippen molar-refractivity contribution in [1.82, 2.24) is 15.3 Å². The van der Waals surface area contributed by atoms with Crippen LogP contribution in [0.3, 0.4) is 0 Å². The van der Waals surface area contributed by atoms with Crippen molar-refractivity contribution in [2.45, 2.75) is 19.9 Å². The Hall–Kier alpha value is -1.59. The van der Waals surface area contributed by atoms with Gasteiger partial charge in [0.1, 0.15) is 5.69 Å². The van der Waals surface area contributed by atoms with Crippen LogP contribution in [0.1, 0.15) is 32.4 Å². The van der Waals surface area contributed by atoms with Crippen LogP contribution in [0.5, 0.6) is 0 Å². The Bertz CT molecular complexity index is 916. The molecule has 4 rings (SSSR count). The van der Waals surface area contributed by atoms with Crippen LogP contribution in [0, 0.1) is 25.7 Å². The van der Waals surface area contributed by atoms with Crippen molar-refractivity contribution >= 4 is 60.0 Å². The Morgan fingerprint density at radius 2 is 1.89 bits per heavy atom. The van der Waals surface area contributed by atoms with Gasteiger partial charge in [0.25, 0.3) is 11.9 Å². The predicted molar refractivity (Wildman–Crippen MR) is 101 cm³/mol. The number of nitrogens with zero attached hydrogens (tertiary/aromatic N) is 2. The molecule has 1 amide bonds. The van der Waals surface area contributed by atoms with Gasteiger partial charge in [-0.3, -0.25) is 4.79 Å². The van der Waals surface area contributed by atoms with E-state index in [0.717, 1.165) is 0 Å². The zero-order chi connectivity index (χ0) is 18.7. The first kappa shape index (κ1) is 20.1. The maximum absolute atomic E-state index is 12.4. The van der Waals surface area contributed by atoms with E-state index in [0.29, 0.717) is 35.5 Å². The average Bonchev–Trinajstić information content (AvgIpc) is 2.97. The molecule has 2 fully saturated rings. The molecule has 1 aliphatic carbocycles. The molecule has 0 aromatic carbocycles. The summed E-state index contributed by atoms with van der Waals surface area (Å²) in [6.07, 6.45) is 0. The predicted octanol–water partition coefficient (Wildman–Crippen LogP) is 1.84. The van der Waals surface area contributed by atoms with Crippen LogP contribution in [-0.4, -0.2) is 64.9 Å². The van der Waals surface area contributed by atoms with Crippen molar-refractivity contribution in [2.24, 2.45) is 11.8 Å². The van der Waals surface area contributed by atoms with E-state index in [4.69, 9.17) is 32.7 Å². The molecule has 0 bridgehead atoms. The molecular weight excluding hydrogens is 390 g/mol. The van der Waals surface area contributed by atoms with Gasteiger partial charge in [0.2, 0.25) is 5.76 Å². The molecule has 2 aromatic rings. The Balaban J connectivity index is 0.00000210. The first-order valence-corrected chi connectivity index (χ1v) is 8.83. The number of amides is 1. The molecule has 1 aliphatic heterocycles. The topological polar surface area (TPSA) is 111 Å². The van der Waals surface area contributed by atoms with Gasteiger partial charge in [0, 0.05) is 36.7 Å². The van der Waals surface area contributed by atoms with E-state index in [-0.39, 0.29) is 59.1 Å². The maximum atomic E-state index is 12.4. The second-order valence-corrected chi connectivity index (χ2v) is 7.46. The van der Waals surface area contributed by atoms with Gasteiger partial charge in [0.05, 0.1) is 15.7 Å². The number of hydrogen-bond donors (Lipinski definition) is 3. The summed E-state index contributed by atoms with van der Waals surface area (Å²) in [7, 11) is 0. The summed E-state index contributed by atoms with van der Waals surface area (Å²) in [5, 5.41) is 12.6. The quantitative estimate of drug-likeness (QED) is 0.667. The molecule has 0 spiro atoms. The second-order valence-electron chi connectivity index (χ2n) is 6.70. The Labute approximate surface area is 176 Å². The van der Waals surface area contributed by atoms with Gasteiger partial charge in [-0.05, 0) is 13.8 Å². The zero-order valence-electron chi connectivity index (χ0n) is 14.0. The standard InChI is InChI=1S/C16H16Cl2N4O4.Li.H/c1-5-9(17)10(18)12(19-5)14(23)21-11-7-3-22(4-8(7)11)16-20-6(2)13(26-16)15(24)25;;/h7-8,11,19H,3-4H2,1-2H3,(H,21,23)(H,24,25);;/t7-,8+,11+;;. The molecule has 3 N–H and O–H groups in total. The van der Waals surface area contributed by atoms with Crippen LogP contribution < -0.4 is 10.2 Å².